The fourth-order valence-electron chi connectivity index (χ4n) is 2.91. The number of hydrogen-bond donors (Lipinski definition) is 2. The fourth-order valence-corrected chi connectivity index (χ4v) is 2.91. The first-order valence-electron chi connectivity index (χ1n) is 7.79. The van der Waals surface area contributed by atoms with Gasteiger partial charge in [0.05, 0.1) is 6.54 Å². The molecule has 2 rings (SSSR count). The van der Waals surface area contributed by atoms with Gasteiger partial charge in [-0.3, -0.25) is 4.79 Å². The molecule has 20 heavy (non-hydrogen) atoms. The molecule has 0 aromatic heterocycles. The van der Waals surface area contributed by atoms with E-state index in [9.17, 15) is 4.79 Å². The fraction of sp³-hybridized carbons (Fsp3) is 0.588. The largest absolute Gasteiger partial charge is 0.351 e. The van der Waals surface area contributed by atoms with Crippen LogP contribution >= 0.6 is 0 Å². The molecular formula is C17H26N2O. The summed E-state index contributed by atoms with van der Waals surface area (Å²) in [6, 6.07) is 10.5. The van der Waals surface area contributed by atoms with Crippen molar-refractivity contribution >= 4 is 5.91 Å². The number of amides is 1. The predicted molar refractivity (Wildman–Crippen MR) is 82.3 cm³/mol. The summed E-state index contributed by atoms with van der Waals surface area (Å²) >= 11 is 0. The van der Waals surface area contributed by atoms with E-state index in [1.54, 1.807) is 0 Å². The number of carbonyl (C=O) groups excluding carboxylic acids is 1. The molecule has 110 valence electrons. The van der Waals surface area contributed by atoms with E-state index in [0.29, 0.717) is 19.1 Å². The highest BCUT2D eigenvalue weighted by molar-refractivity contribution is 5.78. The minimum absolute atomic E-state index is 0.0801. The topological polar surface area (TPSA) is 41.1 Å². The maximum atomic E-state index is 11.8. The van der Waals surface area contributed by atoms with Crippen molar-refractivity contribution in [2.24, 2.45) is 5.92 Å². The molecular weight excluding hydrogens is 248 g/mol. The Balaban J connectivity index is 1.64. The van der Waals surface area contributed by atoms with Crippen LogP contribution in [0.1, 0.15) is 44.6 Å². The second-order valence-corrected chi connectivity index (χ2v) is 5.83. The number of rotatable bonds is 6. The van der Waals surface area contributed by atoms with Crippen LogP contribution in [0.4, 0.5) is 0 Å². The Morgan fingerprint density at radius 3 is 2.60 bits per heavy atom. The van der Waals surface area contributed by atoms with Crippen molar-refractivity contribution in [2.45, 2.75) is 51.6 Å². The molecule has 3 heteroatoms. The molecule has 1 aromatic rings. The number of hydrogen-bond acceptors (Lipinski definition) is 2. The van der Waals surface area contributed by atoms with Crippen molar-refractivity contribution in [3.63, 3.8) is 0 Å². The van der Waals surface area contributed by atoms with Crippen LogP contribution in [0.25, 0.3) is 0 Å². The van der Waals surface area contributed by atoms with Crippen LogP contribution in [0, 0.1) is 5.92 Å². The van der Waals surface area contributed by atoms with Crippen LogP contribution in [-0.4, -0.2) is 18.5 Å². The van der Waals surface area contributed by atoms with E-state index < -0.39 is 0 Å². The van der Waals surface area contributed by atoms with Crippen molar-refractivity contribution in [2.75, 3.05) is 6.54 Å². The number of nitrogens with one attached hydrogen (secondary N) is 2. The van der Waals surface area contributed by atoms with Crippen LogP contribution in [0.15, 0.2) is 30.3 Å². The Morgan fingerprint density at radius 1 is 1.20 bits per heavy atom. The quantitative estimate of drug-likeness (QED) is 0.837. The van der Waals surface area contributed by atoms with Gasteiger partial charge in [0, 0.05) is 12.6 Å². The number of benzene rings is 1. The predicted octanol–water partition coefficient (Wildman–Crippen LogP) is 2.86. The van der Waals surface area contributed by atoms with Gasteiger partial charge in [-0.15, -0.1) is 0 Å². The first kappa shape index (κ1) is 15.0. The van der Waals surface area contributed by atoms with Crippen molar-refractivity contribution in [1.29, 1.82) is 0 Å². The van der Waals surface area contributed by atoms with Gasteiger partial charge < -0.3 is 10.6 Å². The second kappa shape index (κ2) is 8.05. The van der Waals surface area contributed by atoms with Crippen molar-refractivity contribution in [1.82, 2.24) is 10.6 Å². The molecule has 1 aliphatic carbocycles. The van der Waals surface area contributed by atoms with Gasteiger partial charge in [0.2, 0.25) is 5.91 Å². The minimum atomic E-state index is 0.0801. The lowest BCUT2D eigenvalue weighted by molar-refractivity contribution is -0.120. The SMILES string of the molecule is C[C@@H](NCC(=O)NCc1ccccc1)C1CCCCC1. The van der Waals surface area contributed by atoms with E-state index in [-0.39, 0.29) is 5.91 Å². The lowest BCUT2D eigenvalue weighted by Crippen LogP contribution is -2.41. The van der Waals surface area contributed by atoms with E-state index in [1.165, 1.54) is 32.1 Å². The zero-order valence-corrected chi connectivity index (χ0v) is 12.4. The smallest absolute Gasteiger partial charge is 0.234 e. The van der Waals surface area contributed by atoms with Gasteiger partial charge >= 0.3 is 0 Å². The van der Waals surface area contributed by atoms with Crippen LogP contribution < -0.4 is 10.6 Å². The summed E-state index contributed by atoms with van der Waals surface area (Å²) in [6.07, 6.45) is 6.67. The molecule has 2 N–H and O–H groups in total. The maximum absolute atomic E-state index is 11.8. The molecule has 0 bridgehead atoms. The van der Waals surface area contributed by atoms with Crippen LogP contribution in [0.2, 0.25) is 0 Å². The Hall–Kier alpha value is -1.35. The third-order valence-electron chi connectivity index (χ3n) is 4.27. The van der Waals surface area contributed by atoms with E-state index in [4.69, 9.17) is 0 Å². The summed E-state index contributed by atoms with van der Waals surface area (Å²) in [4.78, 5) is 11.8. The Kier molecular flexibility index (Phi) is 6.06. The summed E-state index contributed by atoms with van der Waals surface area (Å²) in [6.45, 7) is 3.24. The molecule has 0 saturated heterocycles. The third kappa shape index (κ3) is 4.97. The van der Waals surface area contributed by atoms with Crippen molar-refractivity contribution in [3.8, 4) is 0 Å². The average molecular weight is 274 g/mol. The van der Waals surface area contributed by atoms with Gasteiger partial charge in [0.1, 0.15) is 0 Å². The molecule has 1 amide bonds. The molecule has 1 fully saturated rings. The lowest BCUT2D eigenvalue weighted by atomic mass is 9.84. The third-order valence-corrected chi connectivity index (χ3v) is 4.27. The first-order chi connectivity index (χ1) is 9.75. The summed E-state index contributed by atoms with van der Waals surface area (Å²) in [7, 11) is 0. The lowest BCUT2D eigenvalue weighted by Gasteiger charge is -2.28. The normalized spacial score (nSPS) is 17.6. The van der Waals surface area contributed by atoms with Crippen LogP contribution in [0.3, 0.4) is 0 Å². The van der Waals surface area contributed by atoms with E-state index in [2.05, 4.69) is 17.6 Å². The Labute approximate surface area is 122 Å². The second-order valence-electron chi connectivity index (χ2n) is 5.83. The zero-order valence-electron chi connectivity index (χ0n) is 12.4. The van der Waals surface area contributed by atoms with Crippen LogP contribution in [0.5, 0.6) is 0 Å². The van der Waals surface area contributed by atoms with E-state index >= 15 is 0 Å². The molecule has 1 aliphatic rings. The molecule has 3 nitrogen and oxygen atoms in total. The molecule has 1 aromatic carbocycles. The van der Waals surface area contributed by atoms with Gasteiger partial charge in [-0.2, -0.15) is 0 Å². The van der Waals surface area contributed by atoms with E-state index in [0.717, 1.165) is 11.5 Å². The standard InChI is InChI=1S/C17H26N2O/c1-14(16-10-6-3-7-11-16)18-13-17(20)19-12-15-8-4-2-5-9-15/h2,4-5,8-9,14,16,18H,3,6-7,10-13H2,1H3,(H,19,20)/t14-/m1/s1. The molecule has 0 unspecified atom stereocenters. The van der Waals surface area contributed by atoms with Crippen molar-refractivity contribution < 1.29 is 4.79 Å². The highest BCUT2D eigenvalue weighted by Gasteiger charge is 2.19. The molecule has 1 saturated carbocycles. The summed E-state index contributed by atoms with van der Waals surface area (Å²) in [5.41, 5.74) is 1.14. The van der Waals surface area contributed by atoms with Gasteiger partial charge in [-0.25, -0.2) is 0 Å². The molecule has 0 spiro atoms. The van der Waals surface area contributed by atoms with Gasteiger partial charge in [0.25, 0.3) is 0 Å². The summed E-state index contributed by atoms with van der Waals surface area (Å²) < 4.78 is 0. The molecule has 0 radical (unpaired) electrons. The number of carbonyl (C=O) groups is 1. The van der Waals surface area contributed by atoms with Gasteiger partial charge in [-0.05, 0) is 31.2 Å². The monoisotopic (exact) mass is 274 g/mol. The maximum Gasteiger partial charge on any atom is 0.234 e. The first-order valence-corrected chi connectivity index (χ1v) is 7.79. The van der Waals surface area contributed by atoms with Crippen LogP contribution in [-0.2, 0) is 11.3 Å². The highest BCUT2D eigenvalue weighted by atomic mass is 16.1. The van der Waals surface area contributed by atoms with Crippen molar-refractivity contribution in [3.05, 3.63) is 35.9 Å². The molecule has 0 aliphatic heterocycles. The van der Waals surface area contributed by atoms with E-state index in [1.807, 2.05) is 30.3 Å². The Morgan fingerprint density at radius 2 is 1.90 bits per heavy atom. The average Bonchev–Trinajstić information content (AvgIpc) is 2.52. The van der Waals surface area contributed by atoms with Gasteiger partial charge in [-0.1, -0.05) is 49.6 Å². The summed E-state index contributed by atoms with van der Waals surface area (Å²) in [5.74, 6) is 0.821. The zero-order chi connectivity index (χ0) is 14.2. The minimum Gasteiger partial charge on any atom is -0.351 e. The highest BCUT2D eigenvalue weighted by Crippen LogP contribution is 2.26. The Bertz CT molecular complexity index is 399. The summed E-state index contributed by atoms with van der Waals surface area (Å²) in [5, 5.41) is 6.33. The van der Waals surface area contributed by atoms with Gasteiger partial charge in [0.15, 0.2) is 0 Å². The molecule has 1 atom stereocenters. The molecule has 0 heterocycles.